The average molecular weight is 483 g/mol. The fourth-order valence-electron chi connectivity index (χ4n) is 4.03. The molecule has 0 N–H and O–H groups in total. The normalized spacial score (nSPS) is 14.4. The molecule has 4 rings (SSSR count). The van der Waals surface area contributed by atoms with Gasteiger partial charge in [-0.25, -0.2) is 0 Å². The highest BCUT2D eigenvalue weighted by atomic mass is 19.4. The summed E-state index contributed by atoms with van der Waals surface area (Å²) in [6.45, 7) is -0.945. The van der Waals surface area contributed by atoms with E-state index in [1.54, 1.807) is 29.2 Å². The second-order valence-electron chi connectivity index (χ2n) is 8.14. The minimum Gasteiger partial charge on any atom is -0.459 e. The first kappa shape index (κ1) is 23.9. The summed E-state index contributed by atoms with van der Waals surface area (Å²) in [6.07, 6.45) is -2.51. The predicted octanol–water partition coefficient (Wildman–Crippen LogP) is 4.49. The van der Waals surface area contributed by atoms with E-state index in [4.69, 9.17) is 14.1 Å². The van der Waals surface area contributed by atoms with Crippen LogP contribution >= 0.6 is 0 Å². The topological polar surface area (TPSA) is 110 Å². The molecular formula is C24H20F3N5O3. The maximum Gasteiger partial charge on any atom is 0.406 e. The molecule has 0 spiro atoms. The fraction of sp³-hybridized carbons (Fsp3) is 0.333. The van der Waals surface area contributed by atoms with E-state index in [0.717, 1.165) is 4.90 Å². The molecule has 3 heterocycles. The number of hydrogen-bond donors (Lipinski definition) is 0. The first-order chi connectivity index (χ1) is 16.8. The van der Waals surface area contributed by atoms with E-state index in [1.165, 1.54) is 18.4 Å². The maximum absolute atomic E-state index is 13.2. The summed E-state index contributed by atoms with van der Waals surface area (Å²) in [6, 6.07) is 13.3. The molecule has 0 radical (unpaired) electrons. The zero-order valence-electron chi connectivity index (χ0n) is 18.5. The van der Waals surface area contributed by atoms with Crippen molar-refractivity contribution in [3.8, 4) is 23.8 Å². The van der Waals surface area contributed by atoms with Gasteiger partial charge >= 0.3 is 6.18 Å². The molecule has 1 aliphatic heterocycles. The summed E-state index contributed by atoms with van der Waals surface area (Å²) in [5.41, 5.74) is 0.958. The average Bonchev–Trinajstić information content (AvgIpc) is 3.53. The molecule has 0 saturated carbocycles. The van der Waals surface area contributed by atoms with Crippen LogP contribution in [0.4, 0.5) is 19.1 Å². The Morgan fingerprint density at radius 2 is 1.86 bits per heavy atom. The highest BCUT2D eigenvalue weighted by molar-refractivity contribution is 5.79. The van der Waals surface area contributed by atoms with E-state index >= 15 is 0 Å². The quantitative estimate of drug-likeness (QED) is 0.508. The molecule has 0 aliphatic carbocycles. The minimum atomic E-state index is -4.55. The lowest BCUT2D eigenvalue weighted by Gasteiger charge is -2.34. The Morgan fingerprint density at radius 1 is 1.14 bits per heavy atom. The number of piperidine rings is 1. The second kappa shape index (κ2) is 9.94. The Labute approximate surface area is 198 Å². The number of hydrogen-bond acceptors (Lipinski definition) is 7. The van der Waals surface area contributed by atoms with E-state index in [-0.39, 0.29) is 24.0 Å². The number of oxazole rings is 1. The van der Waals surface area contributed by atoms with E-state index < -0.39 is 24.5 Å². The zero-order chi connectivity index (χ0) is 25.0. The first-order valence-corrected chi connectivity index (χ1v) is 10.8. The number of carbonyl (C=O) groups is 1. The lowest BCUT2D eigenvalue weighted by molar-refractivity contribution is -0.165. The van der Waals surface area contributed by atoms with E-state index in [1.807, 2.05) is 12.1 Å². The summed E-state index contributed by atoms with van der Waals surface area (Å²) in [5, 5.41) is 18.3. The van der Waals surface area contributed by atoms with Crippen LogP contribution in [0, 0.1) is 28.6 Å². The molecule has 35 heavy (non-hydrogen) atoms. The number of carbonyl (C=O) groups excluding carboxylic acids is 1. The van der Waals surface area contributed by atoms with E-state index in [9.17, 15) is 23.2 Å². The van der Waals surface area contributed by atoms with Gasteiger partial charge in [0.25, 0.3) is 5.89 Å². The van der Waals surface area contributed by atoms with Gasteiger partial charge in [-0.2, -0.15) is 28.7 Å². The number of anilines is 1. The Bertz CT molecular complexity index is 1250. The molecule has 0 bridgehead atoms. The van der Waals surface area contributed by atoms with Crippen molar-refractivity contribution >= 4 is 11.8 Å². The maximum atomic E-state index is 13.2. The van der Waals surface area contributed by atoms with Gasteiger partial charge in [-0.3, -0.25) is 4.79 Å². The van der Waals surface area contributed by atoms with Gasteiger partial charge < -0.3 is 18.6 Å². The van der Waals surface area contributed by atoms with Crippen LogP contribution in [-0.4, -0.2) is 41.6 Å². The lowest BCUT2D eigenvalue weighted by Crippen LogP contribution is -2.45. The van der Waals surface area contributed by atoms with Crippen molar-refractivity contribution in [2.75, 3.05) is 24.5 Å². The molecule has 180 valence electrons. The van der Waals surface area contributed by atoms with Crippen LogP contribution in [0.1, 0.15) is 29.7 Å². The van der Waals surface area contributed by atoms with Gasteiger partial charge in [0.05, 0.1) is 17.9 Å². The second-order valence-corrected chi connectivity index (χ2v) is 8.14. The SMILES string of the molecule is N#Cc1ccc(CN(CC(F)(F)F)C(=O)C2CCN(c3oc(-c4ccco4)nc3C#N)CC2)cc1. The fourth-order valence-corrected chi connectivity index (χ4v) is 4.03. The van der Waals surface area contributed by atoms with Gasteiger partial charge in [0, 0.05) is 25.6 Å². The predicted molar refractivity (Wildman–Crippen MR) is 116 cm³/mol. The summed E-state index contributed by atoms with van der Waals surface area (Å²) >= 11 is 0. The van der Waals surface area contributed by atoms with Crippen molar-refractivity contribution in [1.82, 2.24) is 9.88 Å². The Hall–Kier alpha value is -4.25. The molecule has 1 saturated heterocycles. The molecule has 1 fully saturated rings. The Morgan fingerprint density at radius 3 is 2.43 bits per heavy atom. The summed E-state index contributed by atoms with van der Waals surface area (Å²) < 4.78 is 50.7. The number of rotatable bonds is 6. The van der Waals surface area contributed by atoms with Gasteiger partial charge in [0.15, 0.2) is 5.76 Å². The number of furan rings is 1. The number of nitrogens with zero attached hydrogens (tertiary/aromatic N) is 5. The van der Waals surface area contributed by atoms with Crippen LogP contribution in [0.5, 0.6) is 0 Å². The summed E-state index contributed by atoms with van der Waals surface area (Å²) in [7, 11) is 0. The van der Waals surface area contributed by atoms with Gasteiger partial charge in [-0.05, 0) is 42.7 Å². The number of benzene rings is 1. The summed E-state index contributed by atoms with van der Waals surface area (Å²) in [4.78, 5) is 19.8. The van der Waals surface area contributed by atoms with Crippen molar-refractivity contribution in [2.24, 2.45) is 5.92 Å². The third kappa shape index (κ3) is 5.64. The molecule has 1 aromatic carbocycles. The lowest BCUT2D eigenvalue weighted by atomic mass is 9.95. The van der Waals surface area contributed by atoms with Crippen molar-refractivity contribution in [1.29, 1.82) is 10.5 Å². The highest BCUT2D eigenvalue weighted by Gasteiger charge is 2.37. The van der Waals surface area contributed by atoms with Crippen molar-refractivity contribution in [3.05, 3.63) is 59.5 Å². The van der Waals surface area contributed by atoms with Gasteiger partial charge in [-0.15, -0.1) is 0 Å². The highest BCUT2D eigenvalue weighted by Crippen LogP contribution is 2.32. The van der Waals surface area contributed by atoms with Crippen molar-refractivity contribution in [3.63, 3.8) is 0 Å². The largest absolute Gasteiger partial charge is 0.459 e. The third-order valence-corrected chi connectivity index (χ3v) is 5.72. The van der Waals surface area contributed by atoms with Crippen LogP contribution in [0.2, 0.25) is 0 Å². The van der Waals surface area contributed by atoms with E-state index in [0.29, 0.717) is 42.8 Å². The smallest absolute Gasteiger partial charge is 0.406 e. The minimum absolute atomic E-state index is 0.0701. The van der Waals surface area contributed by atoms with Gasteiger partial charge in [0.1, 0.15) is 12.6 Å². The van der Waals surface area contributed by atoms with Gasteiger partial charge in [0.2, 0.25) is 17.5 Å². The van der Waals surface area contributed by atoms with Crippen LogP contribution < -0.4 is 4.90 Å². The number of halogens is 3. The molecule has 11 heteroatoms. The standard InChI is InChI=1S/C24H20F3N5O3/c25-24(26,27)15-32(14-17-5-3-16(12-28)4-6-17)22(33)18-7-9-31(10-8-18)23-19(13-29)30-21(35-23)20-2-1-11-34-20/h1-6,11,18H,7-10,14-15H2. The Balaban J connectivity index is 1.45. The Kier molecular flexibility index (Phi) is 6.78. The van der Waals surface area contributed by atoms with Crippen molar-refractivity contribution in [2.45, 2.75) is 25.6 Å². The molecule has 2 aromatic heterocycles. The number of amides is 1. The monoisotopic (exact) mass is 483 g/mol. The third-order valence-electron chi connectivity index (χ3n) is 5.72. The van der Waals surface area contributed by atoms with Crippen LogP contribution in [-0.2, 0) is 11.3 Å². The molecule has 0 atom stereocenters. The van der Waals surface area contributed by atoms with Crippen molar-refractivity contribution < 1.29 is 26.8 Å². The molecular weight excluding hydrogens is 463 g/mol. The molecule has 0 unspecified atom stereocenters. The number of aromatic nitrogens is 1. The first-order valence-electron chi connectivity index (χ1n) is 10.8. The van der Waals surface area contributed by atoms with Crippen LogP contribution in [0.15, 0.2) is 51.5 Å². The van der Waals surface area contributed by atoms with E-state index in [2.05, 4.69) is 4.98 Å². The molecule has 1 amide bonds. The van der Waals surface area contributed by atoms with Crippen LogP contribution in [0.25, 0.3) is 11.7 Å². The van der Waals surface area contributed by atoms with Gasteiger partial charge in [-0.1, -0.05) is 12.1 Å². The molecule has 3 aromatic rings. The number of alkyl halides is 3. The van der Waals surface area contributed by atoms with Crippen LogP contribution in [0.3, 0.4) is 0 Å². The zero-order valence-corrected chi connectivity index (χ0v) is 18.5. The molecule has 8 nitrogen and oxygen atoms in total. The summed E-state index contributed by atoms with van der Waals surface area (Å²) in [5.74, 6) is -0.429. The number of nitriles is 2. The molecule has 1 aliphatic rings.